The highest BCUT2D eigenvalue weighted by Gasteiger charge is 2.25. The van der Waals surface area contributed by atoms with E-state index in [9.17, 15) is 10.1 Å². The molecule has 0 amide bonds. The van der Waals surface area contributed by atoms with Crippen LogP contribution in [0.3, 0.4) is 0 Å². The van der Waals surface area contributed by atoms with Gasteiger partial charge in [-0.05, 0) is 45.1 Å². The number of nitrogens with zero attached hydrogens (tertiary/aromatic N) is 3. The smallest absolute Gasteiger partial charge is 0.290 e. The molecule has 1 aliphatic rings. The van der Waals surface area contributed by atoms with E-state index in [-0.39, 0.29) is 10.6 Å². The Morgan fingerprint density at radius 3 is 2.57 bits per heavy atom. The number of anilines is 1. The third-order valence-electron chi connectivity index (χ3n) is 4.18. The van der Waals surface area contributed by atoms with E-state index < -0.39 is 0 Å². The third kappa shape index (κ3) is 3.69. The molecular formula is C15H24N4O2. The Bertz CT molecular complexity index is 498. The van der Waals surface area contributed by atoms with Gasteiger partial charge in [-0.15, -0.1) is 0 Å². The summed E-state index contributed by atoms with van der Waals surface area (Å²) in [5.41, 5.74) is 6.54. The average molecular weight is 292 g/mol. The number of nitro groups is 1. The van der Waals surface area contributed by atoms with Gasteiger partial charge < -0.3 is 10.6 Å². The Labute approximate surface area is 125 Å². The van der Waals surface area contributed by atoms with Crippen LogP contribution in [-0.2, 0) is 0 Å². The van der Waals surface area contributed by atoms with Crippen molar-refractivity contribution in [2.45, 2.75) is 58.0 Å². The number of aromatic nitrogens is 1. The fourth-order valence-electron chi connectivity index (χ4n) is 3.03. The lowest BCUT2D eigenvalue weighted by Gasteiger charge is -2.37. The van der Waals surface area contributed by atoms with Gasteiger partial charge in [0, 0.05) is 24.7 Å². The normalized spacial score (nSPS) is 22.0. The number of pyridine rings is 1. The van der Waals surface area contributed by atoms with E-state index in [1.165, 1.54) is 0 Å². The first-order valence-corrected chi connectivity index (χ1v) is 7.67. The zero-order valence-electron chi connectivity index (χ0n) is 12.8. The zero-order valence-corrected chi connectivity index (χ0v) is 12.8. The Balaban J connectivity index is 2.21. The molecule has 0 saturated heterocycles. The second-order valence-electron chi connectivity index (χ2n) is 5.79. The van der Waals surface area contributed by atoms with Crippen LogP contribution in [-0.4, -0.2) is 28.5 Å². The van der Waals surface area contributed by atoms with Gasteiger partial charge in [-0.3, -0.25) is 10.1 Å². The van der Waals surface area contributed by atoms with Crippen LogP contribution in [0.4, 0.5) is 11.5 Å². The van der Waals surface area contributed by atoms with Crippen molar-refractivity contribution in [2.75, 3.05) is 11.4 Å². The van der Waals surface area contributed by atoms with Gasteiger partial charge in [0.15, 0.2) is 0 Å². The molecule has 0 atom stereocenters. The summed E-state index contributed by atoms with van der Waals surface area (Å²) in [6, 6.07) is 4.10. The van der Waals surface area contributed by atoms with E-state index in [2.05, 4.69) is 16.8 Å². The van der Waals surface area contributed by atoms with Crippen LogP contribution in [0.5, 0.6) is 0 Å². The summed E-state index contributed by atoms with van der Waals surface area (Å²) in [6.07, 6.45) is 5.24. The van der Waals surface area contributed by atoms with E-state index >= 15 is 0 Å². The third-order valence-corrected chi connectivity index (χ3v) is 4.18. The summed E-state index contributed by atoms with van der Waals surface area (Å²) >= 11 is 0. The molecular weight excluding hydrogens is 268 g/mol. The molecule has 1 heterocycles. The fraction of sp³-hybridized carbons (Fsp3) is 0.667. The molecule has 21 heavy (non-hydrogen) atoms. The molecule has 6 heteroatoms. The van der Waals surface area contributed by atoms with Gasteiger partial charge in [0.2, 0.25) is 0 Å². The van der Waals surface area contributed by atoms with Crippen molar-refractivity contribution in [3.8, 4) is 0 Å². The number of rotatable bonds is 5. The monoisotopic (exact) mass is 292 g/mol. The molecule has 0 unspecified atom stereocenters. The quantitative estimate of drug-likeness (QED) is 0.666. The summed E-state index contributed by atoms with van der Waals surface area (Å²) < 4.78 is 0. The lowest BCUT2D eigenvalue weighted by atomic mass is 9.90. The first-order valence-electron chi connectivity index (χ1n) is 7.67. The lowest BCUT2D eigenvalue weighted by molar-refractivity contribution is -0.385. The highest BCUT2D eigenvalue weighted by atomic mass is 16.6. The summed E-state index contributed by atoms with van der Waals surface area (Å²) in [6.45, 7) is 4.76. The predicted octanol–water partition coefficient (Wildman–Crippen LogP) is 2.78. The summed E-state index contributed by atoms with van der Waals surface area (Å²) in [5, 5.41) is 10.9. The van der Waals surface area contributed by atoms with Crippen LogP contribution in [0.1, 0.15) is 44.7 Å². The molecule has 0 aromatic carbocycles. The molecule has 1 saturated carbocycles. The Morgan fingerprint density at radius 1 is 1.38 bits per heavy atom. The van der Waals surface area contributed by atoms with Gasteiger partial charge in [-0.2, -0.15) is 0 Å². The molecule has 0 radical (unpaired) electrons. The number of nitrogens with two attached hydrogens (primary N) is 1. The average Bonchev–Trinajstić information content (AvgIpc) is 2.45. The fourth-order valence-corrected chi connectivity index (χ4v) is 3.03. The highest BCUT2D eigenvalue weighted by molar-refractivity contribution is 5.47. The molecule has 1 aliphatic carbocycles. The Hall–Kier alpha value is -1.69. The van der Waals surface area contributed by atoms with E-state index in [1.807, 2.05) is 0 Å². The van der Waals surface area contributed by atoms with Crippen LogP contribution in [0.2, 0.25) is 0 Å². The molecule has 1 aromatic rings. The van der Waals surface area contributed by atoms with Crippen LogP contribution in [0.15, 0.2) is 12.1 Å². The van der Waals surface area contributed by atoms with Crippen molar-refractivity contribution < 1.29 is 4.92 Å². The lowest BCUT2D eigenvalue weighted by Crippen LogP contribution is -2.41. The van der Waals surface area contributed by atoms with Crippen molar-refractivity contribution in [2.24, 2.45) is 5.73 Å². The predicted molar refractivity (Wildman–Crippen MR) is 83.5 cm³/mol. The van der Waals surface area contributed by atoms with Crippen molar-refractivity contribution >= 4 is 11.5 Å². The number of hydrogen-bond acceptors (Lipinski definition) is 5. The second kappa shape index (κ2) is 6.85. The summed E-state index contributed by atoms with van der Waals surface area (Å²) in [4.78, 5) is 17.3. The topological polar surface area (TPSA) is 85.3 Å². The minimum atomic E-state index is -0.379. The molecule has 116 valence electrons. The first kappa shape index (κ1) is 15.7. The molecule has 1 fully saturated rings. The maximum atomic E-state index is 10.9. The SMILES string of the molecule is CCCN(c1ccc([N+](=O)[O-])c(C)n1)C1CCC(N)CC1. The highest BCUT2D eigenvalue weighted by Crippen LogP contribution is 2.28. The number of hydrogen-bond donors (Lipinski definition) is 1. The minimum Gasteiger partial charge on any atom is -0.354 e. The second-order valence-corrected chi connectivity index (χ2v) is 5.79. The van der Waals surface area contributed by atoms with Crippen LogP contribution < -0.4 is 10.6 Å². The summed E-state index contributed by atoms with van der Waals surface area (Å²) in [7, 11) is 0. The van der Waals surface area contributed by atoms with Crippen molar-refractivity contribution in [1.29, 1.82) is 0 Å². The van der Waals surface area contributed by atoms with Crippen molar-refractivity contribution in [1.82, 2.24) is 4.98 Å². The van der Waals surface area contributed by atoms with Crippen molar-refractivity contribution in [3.05, 3.63) is 27.9 Å². The minimum absolute atomic E-state index is 0.0841. The van der Waals surface area contributed by atoms with Gasteiger partial charge in [0.05, 0.1) is 4.92 Å². The molecule has 6 nitrogen and oxygen atoms in total. The van der Waals surface area contributed by atoms with Gasteiger partial charge in [-0.25, -0.2) is 4.98 Å². The van der Waals surface area contributed by atoms with Gasteiger partial charge in [0.1, 0.15) is 11.5 Å². The molecule has 0 aliphatic heterocycles. The standard InChI is InChI=1S/C15H24N4O2/c1-3-10-18(13-6-4-12(16)5-7-13)15-9-8-14(19(20)21)11(2)17-15/h8-9,12-13H,3-7,10,16H2,1-2H3. The van der Waals surface area contributed by atoms with E-state index in [0.717, 1.165) is 44.5 Å². The molecule has 0 spiro atoms. The molecule has 0 bridgehead atoms. The van der Waals surface area contributed by atoms with Crippen LogP contribution in [0.25, 0.3) is 0 Å². The first-order chi connectivity index (χ1) is 10.0. The van der Waals surface area contributed by atoms with Crippen LogP contribution >= 0.6 is 0 Å². The van der Waals surface area contributed by atoms with E-state index in [1.54, 1.807) is 19.1 Å². The Morgan fingerprint density at radius 2 is 2.05 bits per heavy atom. The number of aryl methyl sites for hydroxylation is 1. The maximum absolute atomic E-state index is 10.9. The Kier molecular flexibility index (Phi) is 5.12. The van der Waals surface area contributed by atoms with Crippen LogP contribution in [0, 0.1) is 17.0 Å². The maximum Gasteiger partial charge on any atom is 0.290 e. The summed E-state index contributed by atoms with van der Waals surface area (Å²) in [5.74, 6) is 0.848. The molecule has 2 rings (SSSR count). The van der Waals surface area contributed by atoms with Gasteiger partial charge >= 0.3 is 0 Å². The molecule has 1 aromatic heterocycles. The van der Waals surface area contributed by atoms with Crippen molar-refractivity contribution in [3.63, 3.8) is 0 Å². The largest absolute Gasteiger partial charge is 0.354 e. The van der Waals surface area contributed by atoms with Gasteiger partial charge in [0.25, 0.3) is 5.69 Å². The van der Waals surface area contributed by atoms with E-state index in [4.69, 9.17) is 5.73 Å². The van der Waals surface area contributed by atoms with E-state index in [0.29, 0.717) is 17.8 Å². The van der Waals surface area contributed by atoms with Gasteiger partial charge in [-0.1, -0.05) is 6.92 Å². The zero-order chi connectivity index (χ0) is 15.4. The molecule has 2 N–H and O–H groups in total.